The summed E-state index contributed by atoms with van der Waals surface area (Å²) in [5, 5.41) is 6.10. The van der Waals surface area contributed by atoms with Gasteiger partial charge in [0.15, 0.2) is 0 Å². The van der Waals surface area contributed by atoms with Gasteiger partial charge in [0.05, 0.1) is 31.7 Å². The van der Waals surface area contributed by atoms with Crippen LogP contribution in [-0.2, 0) is 9.53 Å². The number of para-hydroxylation sites is 1. The number of hydrogen-bond donors (Lipinski definition) is 0. The number of amides is 1. The molecule has 2 aromatic carbocycles. The number of anilines is 1. The van der Waals surface area contributed by atoms with E-state index >= 15 is 0 Å². The largest absolute Gasteiger partial charge is 0.497 e. The predicted molar refractivity (Wildman–Crippen MR) is 107 cm³/mol. The maximum atomic E-state index is 13.2. The lowest BCUT2D eigenvalue weighted by molar-refractivity contribution is -0.118. The molecular weight excluding hydrogens is 342 g/mol. The Morgan fingerprint density at radius 2 is 1.81 bits per heavy atom. The number of rotatable bonds is 7. The van der Waals surface area contributed by atoms with Crippen molar-refractivity contribution in [3.8, 4) is 5.75 Å². The SMILES string of the molecule is COCCN=C(C)C1C(=O)N(c2ccccc2)N=C1c1ccc(OC)cc1. The van der Waals surface area contributed by atoms with Crippen molar-refractivity contribution in [1.29, 1.82) is 0 Å². The smallest absolute Gasteiger partial charge is 0.262 e. The van der Waals surface area contributed by atoms with E-state index in [1.807, 2.05) is 61.5 Å². The Morgan fingerprint density at radius 3 is 2.44 bits per heavy atom. The van der Waals surface area contributed by atoms with E-state index in [0.717, 1.165) is 22.7 Å². The first-order chi connectivity index (χ1) is 13.2. The van der Waals surface area contributed by atoms with E-state index in [1.54, 1.807) is 14.2 Å². The van der Waals surface area contributed by atoms with Gasteiger partial charge in [0.25, 0.3) is 5.91 Å². The second-order valence-electron chi connectivity index (χ2n) is 6.15. The maximum absolute atomic E-state index is 13.2. The fourth-order valence-corrected chi connectivity index (χ4v) is 2.98. The average Bonchev–Trinajstić information content (AvgIpc) is 3.06. The highest BCUT2D eigenvalue weighted by atomic mass is 16.5. The third-order valence-electron chi connectivity index (χ3n) is 4.40. The molecule has 1 heterocycles. The summed E-state index contributed by atoms with van der Waals surface area (Å²) in [6.45, 7) is 2.88. The van der Waals surface area contributed by atoms with Crippen molar-refractivity contribution in [2.75, 3.05) is 32.4 Å². The molecule has 1 amide bonds. The molecule has 0 fully saturated rings. The van der Waals surface area contributed by atoms with Crippen LogP contribution in [0, 0.1) is 5.92 Å². The Hall–Kier alpha value is -2.99. The van der Waals surface area contributed by atoms with Gasteiger partial charge in [-0.2, -0.15) is 10.1 Å². The molecule has 0 bridgehead atoms. The van der Waals surface area contributed by atoms with Crippen molar-refractivity contribution in [3.63, 3.8) is 0 Å². The van der Waals surface area contributed by atoms with Gasteiger partial charge in [-0.25, -0.2) is 0 Å². The first-order valence-electron chi connectivity index (χ1n) is 8.77. The second kappa shape index (κ2) is 8.60. The molecule has 1 atom stereocenters. The molecule has 140 valence electrons. The maximum Gasteiger partial charge on any atom is 0.262 e. The number of ether oxygens (including phenoxy) is 2. The molecule has 1 unspecified atom stereocenters. The molecule has 1 aliphatic rings. The summed E-state index contributed by atoms with van der Waals surface area (Å²) >= 11 is 0. The van der Waals surface area contributed by atoms with Crippen molar-refractivity contribution in [3.05, 3.63) is 60.2 Å². The molecule has 0 aliphatic carbocycles. The number of aliphatic imine (C=N–C) groups is 1. The number of benzene rings is 2. The number of carbonyl (C=O) groups is 1. The fourth-order valence-electron chi connectivity index (χ4n) is 2.98. The highest BCUT2D eigenvalue weighted by Gasteiger charge is 2.39. The third-order valence-corrected chi connectivity index (χ3v) is 4.40. The first-order valence-corrected chi connectivity index (χ1v) is 8.77. The number of hydrogen-bond acceptors (Lipinski definition) is 5. The molecule has 2 aromatic rings. The fraction of sp³-hybridized carbons (Fsp3) is 0.286. The molecule has 3 rings (SSSR count). The van der Waals surface area contributed by atoms with Crippen molar-refractivity contribution in [2.24, 2.45) is 16.0 Å². The van der Waals surface area contributed by atoms with E-state index in [2.05, 4.69) is 10.1 Å². The Morgan fingerprint density at radius 1 is 1.11 bits per heavy atom. The van der Waals surface area contributed by atoms with Gasteiger partial charge in [-0.15, -0.1) is 0 Å². The molecule has 6 nitrogen and oxygen atoms in total. The number of carbonyl (C=O) groups excluding carboxylic acids is 1. The minimum absolute atomic E-state index is 0.106. The minimum Gasteiger partial charge on any atom is -0.497 e. The van der Waals surface area contributed by atoms with Crippen LogP contribution in [0.2, 0.25) is 0 Å². The van der Waals surface area contributed by atoms with Gasteiger partial charge >= 0.3 is 0 Å². The van der Waals surface area contributed by atoms with Crippen LogP contribution < -0.4 is 9.75 Å². The van der Waals surface area contributed by atoms with Crippen molar-refractivity contribution in [2.45, 2.75) is 6.92 Å². The first kappa shape index (κ1) is 18.8. The zero-order chi connectivity index (χ0) is 19.2. The highest BCUT2D eigenvalue weighted by molar-refractivity contribution is 6.32. The van der Waals surface area contributed by atoms with Crippen LogP contribution >= 0.6 is 0 Å². The van der Waals surface area contributed by atoms with Gasteiger partial charge in [-0.1, -0.05) is 18.2 Å². The zero-order valence-electron chi connectivity index (χ0n) is 15.8. The minimum atomic E-state index is -0.518. The lowest BCUT2D eigenvalue weighted by atomic mass is 9.93. The second-order valence-corrected chi connectivity index (χ2v) is 6.15. The normalized spacial score (nSPS) is 17.2. The summed E-state index contributed by atoms with van der Waals surface area (Å²) in [5.41, 5.74) is 3.02. The summed E-state index contributed by atoms with van der Waals surface area (Å²) in [6, 6.07) is 17.0. The monoisotopic (exact) mass is 365 g/mol. The highest BCUT2D eigenvalue weighted by Crippen LogP contribution is 2.28. The van der Waals surface area contributed by atoms with Gasteiger partial charge in [0, 0.05) is 12.8 Å². The standard InChI is InChI=1S/C21H23N3O3/c1-15(22-13-14-26-2)19-20(16-9-11-18(27-3)12-10-16)23-24(21(19)25)17-7-5-4-6-8-17/h4-12,19H,13-14H2,1-3H3. The van der Waals surface area contributed by atoms with E-state index in [-0.39, 0.29) is 5.91 Å². The summed E-state index contributed by atoms with van der Waals surface area (Å²) in [5.74, 6) is 0.131. The van der Waals surface area contributed by atoms with E-state index in [9.17, 15) is 4.79 Å². The van der Waals surface area contributed by atoms with E-state index in [0.29, 0.717) is 18.9 Å². The lowest BCUT2D eigenvalue weighted by Crippen LogP contribution is -2.32. The van der Waals surface area contributed by atoms with Crippen LogP contribution in [0.3, 0.4) is 0 Å². The van der Waals surface area contributed by atoms with Gasteiger partial charge < -0.3 is 9.47 Å². The van der Waals surface area contributed by atoms with Crippen LogP contribution in [0.5, 0.6) is 5.75 Å². The quantitative estimate of drug-likeness (QED) is 0.559. The lowest BCUT2D eigenvalue weighted by Gasteiger charge is -2.14. The van der Waals surface area contributed by atoms with Crippen molar-refractivity contribution < 1.29 is 14.3 Å². The van der Waals surface area contributed by atoms with Gasteiger partial charge in [0.1, 0.15) is 11.7 Å². The van der Waals surface area contributed by atoms with Crippen LogP contribution in [0.25, 0.3) is 0 Å². The molecule has 0 saturated heterocycles. The molecule has 0 N–H and O–H groups in total. The van der Waals surface area contributed by atoms with Crippen LogP contribution in [-0.4, -0.2) is 44.7 Å². The molecule has 0 saturated carbocycles. The molecule has 27 heavy (non-hydrogen) atoms. The zero-order valence-corrected chi connectivity index (χ0v) is 15.8. The third kappa shape index (κ3) is 4.06. The average molecular weight is 365 g/mol. The van der Waals surface area contributed by atoms with Gasteiger partial charge in [-0.05, 0) is 48.9 Å². The van der Waals surface area contributed by atoms with Gasteiger partial charge in [-0.3, -0.25) is 9.79 Å². The Bertz CT molecular complexity index is 845. The number of methoxy groups -OCH3 is 2. The molecular formula is C21H23N3O3. The summed E-state index contributed by atoms with van der Waals surface area (Å²) < 4.78 is 10.3. The summed E-state index contributed by atoms with van der Waals surface area (Å²) in [4.78, 5) is 17.7. The van der Waals surface area contributed by atoms with E-state index in [4.69, 9.17) is 9.47 Å². The molecule has 1 aliphatic heterocycles. The molecule has 0 spiro atoms. The van der Waals surface area contributed by atoms with Crippen molar-refractivity contribution in [1.82, 2.24) is 0 Å². The number of nitrogens with zero attached hydrogens (tertiary/aromatic N) is 3. The van der Waals surface area contributed by atoms with Crippen LogP contribution in [0.4, 0.5) is 5.69 Å². The van der Waals surface area contributed by atoms with Crippen LogP contribution in [0.15, 0.2) is 64.7 Å². The summed E-state index contributed by atoms with van der Waals surface area (Å²) in [7, 11) is 3.26. The molecule has 0 radical (unpaired) electrons. The van der Waals surface area contributed by atoms with Crippen molar-refractivity contribution >= 4 is 23.0 Å². The number of hydrazone groups is 1. The van der Waals surface area contributed by atoms with E-state index in [1.165, 1.54) is 5.01 Å². The van der Waals surface area contributed by atoms with Crippen LogP contribution in [0.1, 0.15) is 12.5 Å². The molecule has 0 aromatic heterocycles. The Kier molecular flexibility index (Phi) is 5.98. The topological polar surface area (TPSA) is 63.5 Å². The summed E-state index contributed by atoms with van der Waals surface area (Å²) in [6.07, 6.45) is 0. The Balaban J connectivity index is 1.99. The Labute approximate surface area is 159 Å². The molecule has 6 heteroatoms. The van der Waals surface area contributed by atoms with Gasteiger partial charge in [0.2, 0.25) is 0 Å². The predicted octanol–water partition coefficient (Wildman–Crippen LogP) is 3.17. The van der Waals surface area contributed by atoms with E-state index < -0.39 is 5.92 Å².